The van der Waals surface area contributed by atoms with Crippen molar-refractivity contribution in [2.45, 2.75) is 13.3 Å². The van der Waals surface area contributed by atoms with Crippen LogP contribution in [0, 0.1) is 0 Å². The molecule has 0 aliphatic rings. The summed E-state index contributed by atoms with van der Waals surface area (Å²) in [7, 11) is 0. The number of benzene rings is 2. The number of halogens is 2. The fourth-order valence-electron chi connectivity index (χ4n) is 2.78. The summed E-state index contributed by atoms with van der Waals surface area (Å²) in [5, 5.41) is 11.9. The number of hydrogen-bond donors (Lipinski definition) is 1. The van der Waals surface area contributed by atoms with Crippen molar-refractivity contribution in [3.63, 3.8) is 0 Å². The predicted molar refractivity (Wildman–Crippen MR) is 118 cm³/mol. The van der Waals surface area contributed by atoms with E-state index in [0.717, 1.165) is 10.0 Å². The first-order valence-corrected chi connectivity index (χ1v) is 10.2. The highest BCUT2D eigenvalue weighted by molar-refractivity contribution is 9.10. The maximum atomic E-state index is 12.7. The molecule has 0 saturated carbocycles. The van der Waals surface area contributed by atoms with E-state index >= 15 is 0 Å². The molecule has 4 rings (SSSR count). The lowest BCUT2D eigenvalue weighted by atomic mass is 10.2. The smallest absolute Gasteiger partial charge is 0.274 e. The summed E-state index contributed by atoms with van der Waals surface area (Å²) >= 11 is 9.30. The number of ether oxygens (including phenoxy) is 1. The van der Waals surface area contributed by atoms with Gasteiger partial charge in [0.1, 0.15) is 11.4 Å². The number of nitrogens with zero attached hydrogens (tertiary/aromatic N) is 4. The van der Waals surface area contributed by atoms with Crippen molar-refractivity contribution in [3.05, 3.63) is 93.9 Å². The van der Waals surface area contributed by atoms with Crippen LogP contribution in [0.15, 0.2) is 77.7 Å². The Morgan fingerprint density at radius 3 is 2.60 bits per heavy atom. The lowest BCUT2D eigenvalue weighted by Gasteiger charge is -2.09. The van der Waals surface area contributed by atoms with Gasteiger partial charge < -0.3 is 10.1 Å². The number of carbonyl (C=O) groups is 1. The van der Waals surface area contributed by atoms with E-state index in [1.165, 1.54) is 4.68 Å². The molecule has 152 valence electrons. The van der Waals surface area contributed by atoms with Crippen LogP contribution in [0.1, 0.15) is 16.1 Å². The van der Waals surface area contributed by atoms with Crippen LogP contribution in [0.4, 0.5) is 5.69 Å². The number of aromatic nitrogens is 4. The fraction of sp³-hybridized carbons (Fsp3) is 0.0952. The number of nitrogens with one attached hydrogen (secondary N) is 1. The molecule has 0 radical (unpaired) electrons. The van der Waals surface area contributed by atoms with Gasteiger partial charge in [-0.15, -0.1) is 0 Å². The molecule has 7 nitrogen and oxygen atoms in total. The van der Waals surface area contributed by atoms with Gasteiger partial charge in [0.2, 0.25) is 0 Å². The minimum atomic E-state index is -0.296. The maximum Gasteiger partial charge on any atom is 0.274 e. The lowest BCUT2D eigenvalue weighted by Crippen LogP contribution is -2.19. The Morgan fingerprint density at radius 2 is 1.83 bits per heavy atom. The van der Waals surface area contributed by atoms with E-state index in [4.69, 9.17) is 16.3 Å². The van der Waals surface area contributed by atoms with Gasteiger partial charge in [-0.05, 0) is 48.0 Å². The molecule has 2 heterocycles. The number of anilines is 1. The summed E-state index contributed by atoms with van der Waals surface area (Å²) in [5.41, 5.74) is 2.09. The van der Waals surface area contributed by atoms with Crippen molar-refractivity contribution in [3.8, 4) is 5.75 Å². The lowest BCUT2D eigenvalue weighted by molar-refractivity contribution is 0.100. The molecule has 0 spiro atoms. The van der Waals surface area contributed by atoms with Crippen LogP contribution in [-0.4, -0.2) is 25.5 Å². The second-order valence-corrected chi connectivity index (χ2v) is 7.80. The average molecular weight is 487 g/mol. The largest absolute Gasteiger partial charge is 0.471 e. The molecule has 2 aromatic heterocycles. The Balaban J connectivity index is 1.37. The van der Waals surface area contributed by atoms with E-state index in [0.29, 0.717) is 28.7 Å². The zero-order valence-electron chi connectivity index (χ0n) is 15.7. The van der Waals surface area contributed by atoms with E-state index in [1.54, 1.807) is 53.6 Å². The van der Waals surface area contributed by atoms with Crippen LogP contribution in [0.3, 0.4) is 0 Å². The minimum absolute atomic E-state index is 0.0974. The third-order valence-corrected chi connectivity index (χ3v) is 5.05. The van der Waals surface area contributed by atoms with Crippen LogP contribution in [0.25, 0.3) is 0 Å². The third kappa shape index (κ3) is 5.08. The molecule has 0 bridgehead atoms. The molecule has 9 heteroatoms. The topological polar surface area (TPSA) is 74.0 Å². The highest BCUT2D eigenvalue weighted by atomic mass is 79.9. The summed E-state index contributed by atoms with van der Waals surface area (Å²) in [6.45, 7) is 0.705. The normalized spacial score (nSPS) is 10.7. The van der Waals surface area contributed by atoms with Gasteiger partial charge in [-0.3, -0.25) is 9.48 Å². The zero-order valence-corrected chi connectivity index (χ0v) is 18.0. The van der Waals surface area contributed by atoms with E-state index in [-0.39, 0.29) is 12.6 Å². The number of carbonyl (C=O) groups excluding carboxylic acids is 1. The Hall–Kier alpha value is -3.10. The molecule has 1 N–H and O–H groups in total. The molecule has 0 unspecified atom stereocenters. The van der Waals surface area contributed by atoms with Gasteiger partial charge >= 0.3 is 0 Å². The fourth-order valence-corrected chi connectivity index (χ4v) is 3.17. The molecule has 0 atom stereocenters. The summed E-state index contributed by atoms with van der Waals surface area (Å²) < 4.78 is 9.94. The summed E-state index contributed by atoms with van der Waals surface area (Å²) in [6.07, 6.45) is 4.95. The van der Waals surface area contributed by atoms with Gasteiger partial charge in [-0.1, -0.05) is 39.7 Å². The van der Waals surface area contributed by atoms with Gasteiger partial charge in [0.15, 0.2) is 6.73 Å². The maximum absolute atomic E-state index is 12.7. The molecule has 0 aliphatic heterocycles. The quantitative estimate of drug-likeness (QED) is 0.406. The molecule has 0 fully saturated rings. The standard InChI is InChI=1S/C21H17BrClN5O2/c22-16-3-1-15(2-4-16)12-27-13-18(11-25-27)26-21(29)20-9-10-24-28(20)14-30-19-7-5-17(23)6-8-19/h1-11,13H,12,14H2,(H,26,29). The Bertz CT molecular complexity index is 1140. The van der Waals surface area contributed by atoms with Crippen LogP contribution in [0.2, 0.25) is 5.02 Å². The summed E-state index contributed by atoms with van der Waals surface area (Å²) in [6, 6.07) is 16.6. The first kappa shape index (κ1) is 20.2. The van der Waals surface area contributed by atoms with Crippen LogP contribution < -0.4 is 10.1 Å². The molecular weight excluding hydrogens is 470 g/mol. The highest BCUT2D eigenvalue weighted by Gasteiger charge is 2.14. The molecule has 30 heavy (non-hydrogen) atoms. The Kier molecular flexibility index (Phi) is 6.15. The van der Waals surface area contributed by atoms with Crippen molar-refractivity contribution in [1.82, 2.24) is 19.6 Å². The van der Waals surface area contributed by atoms with Crippen LogP contribution in [0.5, 0.6) is 5.75 Å². The molecule has 4 aromatic rings. The van der Waals surface area contributed by atoms with Gasteiger partial charge in [-0.25, -0.2) is 4.68 Å². The predicted octanol–water partition coefficient (Wildman–Crippen LogP) is 4.83. The Morgan fingerprint density at radius 1 is 1.07 bits per heavy atom. The van der Waals surface area contributed by atoms with Crippen LogP contribution >= 0.6 is 27.5 Å². The number of amides is 1. The minimum Gasteiger partial charge on any atom is -0.471 e. The molecule has 2 aromatic carbocycles. The highest BCUT2D eigenvalue weighted by Crippen LogP contribution is 2.17. The van der Waals surface area contributed by atoms with Crippen molar-refractivity contribution in [2.75, 3.05) is 5.32 Å². The Labute approximate surface area is 186 Å². The van der Waals surface area contributed by atoms with Crippen molar-refractivity contribution < 1.29 is 9.53 Å². The third-order valence-electron chi connectivity index (χ3n) is 4.27. The monoisotopic (exact) mass is 485 g/mol. The van der Waals surface area contributed by atoms with E-state index in [9.17, 15) is 4.79 Å². The van der Waals surface area contributed by atoms with E-state index in [1.807, 2.05) is 24.3 Å². The van der Waals surface area contributed by atoms with E-state index < -0.39 is 0 Å². The first-order valence-electron chi connectivity index (χ1n) is 9.05. The number of hydrogen-bond acceptors (Lipinski definition) is 4. The number of rotatable bonds is 7. The van der Waals surface area contributed by atoms with Crippen molar-refractivity contribution >= 4 is 39.1 Å². The summed E-state index contributed by atoms with van der Waals surface area (Å²) in [5.74, 6) is 0.339. The average Bonchev–Trinajstić information content (AvgIpc) is 3.39. The van der Waals surface area contributed by atoms with Gasteiger partial charge in [0.25, 0.3) is 5.91 Å². The zero-order chi connectivity index (χ0) is 20.9. The summed E-state index contributed by atoms with van der Waals surface area (Å²) in [4.78, 5) is 12.7. The second kappa shape index (κ2) is 9.15. The molecule has 1 amide bonds. The second-order valence-electron chi connectivity index (χ2n) is 6.45. The van der Waals surface area contributed by atoms with E-state index in [2.05, 4.69) is 31.4 Å². The van der Waals surface area contributed by atoms with Crippen molar-refractivity contribution in [1.29, 1.82) is 0 Å². The van der Waals surface area contributed by atoms with Crippen molar-refractivity contribution in [2.24, 2.45) is 0 Å². The molecular formula is C21H17BrClN5O2. The van der Waals surface area contributed by atoms with Gasteiger partial charge in [0, 0.05) is 21.9 Å². The van der Waals surface area contributed by atoms with Gasteiger partial charge in [0.05, 0.1) is 18.4 Å². The van der Waals surface area contributed by atoms with Crippen LogP contribution in [-0.2, 0) is 13.3 Å². The SMILES string of the molecule is O=C(Nc1cnn(Cc2ccc(Br)cc2)c1)c1ccnn1COc1ccc(Cl)cc1. The first-order chi connectivity index (χ1) is 14.6. The van der Waals surface area contributed by atoms with Gasteiger partial charge in [-0.2, -0.15) is 10.2 Å². The molecule has 0 saturated heterocycles. The molecule has 0 aliphatic carbocycles.